The third-order valence-electron chi connectivity index (χ3n) is 3.84. The van der Waals surface area contributed by atoms with E-state index >= 15 is 0 Å². The van der Waals surface area contributed by atoms with Gasteiger partial charge in [0.1, 0.15) is 11.6 Å². The van der Waals surface area contributed by atoms with Crippen LogP contribution in [0.5, 0.6) is 0 Å². The van der Waals surface area contributed by atoms with Gasteiger partial charge in [0.25, 0.3) is 0 Å². The number of halogens is 2. The lowest BCUT2D eigenvalue weighted by molar-refractivity contribution is -0.105. The van der Waals surface area contributed by atoms with Crippen molar-refractivity contribution in [3.05, 3.63) is 83.7 Å². The van der Waals surface area contributed by atoms with E-state index in [-0.39, 0.29) is 15.4 Å². The van der Waals surface area contributed by atoms with Crippen LogP contribution in [0.3, 0.4) is 0 Å². The molecule has 0 fully saturated rings. The average molecular weight is 400 g/mol. The minimum Gasteiger partial charge on any atom is -0.329 e. The number of nitrogens with zero attached hydrogens (tertiary/aromatic N) is 1. The number of hydrogen-bond acceptors (Lipinski definition) is 4. The van der Waals surface area contributed by atoms with E-state index in [0.717, 1.165) is 12.1 Å². The third kappa shape index (κ3) is 4.29. The van der Waals surface area contributed by atoms with Crippen molar-refractivity contribution in [2.75, 3.05) is 5.32 Å². The molecule has 5 nitrogen and oxygen atoms in total. The van der Waals surface area contributed by atoms with Crippen LogP contribution < -0.4 is 5.32 Å². The van der Waals surface area contributed by atoms with E-state index in [1.54, 1.807) is 6.07 Å². The molecule has 0 aliphatic rings. The zero-order valence-electron chi connectivity index (χ0n) is 14.3. The van der Waals surface area contributed by atoms with Crippen LogP contribution in [0.4, 0.5) is 14.5 Å². The van der Waals surface area contributed by atoms with Crippen molar-refractivity contribution < 1.29 is 22.0 Å². The number of carbonyl (C=O) groups is 1. The Balaban J connectivity index is 1.84. The van der Waals surface area contributed by atoms with Crippen molar-refractivity contribution in [2.45, 2.75) is 9.79 Å². The monoisotopic (exact) mass is 400 g/mol. The number of aromatic nitrogens is 1. The molecule has 0 aliphatic heterocycles. The fourth-order valence-corrected chi connectivity index (χ4v) is 3.67. The van der Waals surface area contributed by atoms with Gasteiger partial charge < -0.3 is 5.32 Å². The molecule has 3 aromatic rings. The summed E-state index contributed by atoms with van der Waals surface area (Å²) in [6, 6.07) is 11.9. The first-order chi connectivity index (χ1) is 13.4. The topological polar surface area (TPSA) is 76.1 Å². The number of pyridine rings is 1. The molecule has 1 N–H and O–H groups in total. The average Bonchev–Trinajstić information content (AvgIpc) is 2.68. The number of anilines is 1. The predicted octanol–water partition coefficient (Wildman–Crippen LogP) is 3.93. The first-order valence-electron chi connectivity index (χ1n) is 8.05. The summed E-state index contributed by atoms with van der Waals surface area (Å²) in [4.78, 5) is 14.6. The van der Waals surface area contributed by atoms with Gasteiger partial charge in [0.05, 0.1) is 15.5 Å². The zero-order chi connectivity index (χ0) is 20.1. The Morgan fingerprint density at radius 1 is 0.929 bits per heavy atom. The van der Waals surface area contributed by atoms with Crippen LogP contribution in [0.25, 0.3) is 12.2 Å². The smallest absolute Gasteiger partial charge is 0.211 e. The van der Waals surface area contributed by atoms with E-state index in [1.165, 1.54) is 54.7 Å². The zero-order valence-corrected chi connectivity index (χ0v) is 15.2. The van der Waals surface area contributed by atoms with Crippen molar-refractivity contribution in [1.82, 2.24) is 4.98 Å². The second-order valence-electron chi connectivity index (χ2n) is 5.71. The van der Waals surface area contributed by atoms with Crippen LogP contribution in [0.2, 0.25) is 0 Å². The molecule has 0 bridgehead atoms. The van der Waals surface area contributed by atoms with Gasteiger partial charge in [0.15, 0.2) is 0 Å². The lowest BCUT2D eigenvalue weighted by Crippen LogP contribution is -2.04. The third-order valence-corrected chi connectivity index (χ3v) is 5.57. The molecular weight excluding hydrogens is 386 g/mol. The van der Waals surface area contributed by atoms with Gasteiger partial charge in [-0.1, -0.05) is 6.07 Å². The van der Waals surface area contributed by atoms with Crippen LogP contribution in [-0.4, -0.2) is 19.8 Å². The fraction of sp³-hybridized carbons (Fsp3) is 0. The summed E-state index contributed by atoms with van der Waals surface area (Å²) >= 11 is 0. The van der Waals surface area contributed by atoms with Crippen molar-refractivity contribution in [3.63, 3.8) is 0 Å². The second kappa shape index (κ2) is 8.10. The highest BCUT2D eigenvalue weighted by Gasteiger charge is 2.18. The lowest BCUT2D eigenvalue weighted by Gasteiger charge is -2.06. The largest absolute Gasteiger partial charge is 0.329 e. The van der Waals surface area contributed by atoms with E-state index in [9.17, 15) is 22.0 Å². The summed E-state index contributed by atoms with van der Waals surface area (Å²) in [6.07, 6.45) is 4.55. The maximum atomic E-state index is 13.6. The number of nitrogens with one attached hydrogen (secondary N) is 1. The van der Waals surface area contributed by atoms with E-state index in [2.05, 4.69) is 10.3 Å². The summed E-state index contributed by atoms with van der Waals surface area (Å²) in [5.74, 6) is -1.38. The van der Waals surface area contributed by atoms with Gasteiger partial charge in [-0.2, -0.15) is 0 Å². The number of carbonyl (C=O) groups excluding carboxylic acids is 1. The number of amides is 1. The molecule has 142 valence electrons. The van der Waals surface area contributed by atoms with Gasteiger partial charge >= 0.3 is 0 Å². The fourth-order valence-electron chi connectivity index (χ4n) is 2.42. The molecule has 0 atom stereocenters. The molecule has 8 heteroatoms. The predicted molar refractivity (Wildman–Crippen MR) is 101 cm³/mol. The number of benzene rings is 2. The molecule has 28 heavy (non-hydrogen) atoms. The summed E-state index contributed by atoms with van der Waals surface area (Å²) in [7, 11) is -3.82. The highest BCUT2D eigenvalue weighted by molar-refractivity contribution is 7.91. The molecule has 0 saturated heterocycles. The normalized spacial score (nSPS) is 11.5. The standard InChI is InChI=1S/C20H14F2N2O3S/c21-15-6-4-14(20(22)10-15)5-7-16-8-9-19(12-23-16)28(26,27)18-3-1-2-17(11-18)24-13-25/h1-13H,(H,24,25)/b7-5+. The Morgan fingerprint density at radius 3 is 2.43 bits per heavy atom. The highest BCUT2D eigenvalue weighted by Crippen LogP contribution is 2.23. The molecule has 3 rings (SSSR count). The van der Waals surface area contributed by atoms with Gasteiger partial charge in [-0.15, -0.1) is 0 Å². The van der Waals surface area contributed by atoms with Crippen LogP contribution in [-0.2, 0) is 14.6 Å². The molecule has 1 heterocycles. The van der Waals surface area contributed by atoms with Crippen molar-refractivity contribution in [1.29, 1.82) is 0 Å². The Hall–Kier alpha value is -3.39. The quantitative estimate of drug-likeness (QED) is 0.636. The summed E-state index contributed by atoms with van der Waals surface area (Å²) in [6.45, 7) is 0. The molecule has 0 unspecified atom stereocenters. The molecule has 1 aromatic heterocycles. The van der Waals surface area contributed by atoms with Crippen LogP contribution in [0.1, 0.15) is 11.3 Å². The summed E-state index contributed by atoms with van der Waals surface area (Å²) in [5.41, 5.74) is 0.934. The Labute approximate surface area is 160 Å². The van der Waals surface area contributed by atoms with E-state index in [0.29, 0.717) is 17.8 Å². The highest BCUT2D eigenvalue weighted by atomic mass is 32.2. The molecule has 0 aliphatic carbocycles. The van der Waals surface area contributed by atoms with Crippen molar-refractivity contribution in [3.8, 4) is 0 Å². The van der Waals surface area contributed by atoms with Gasteiger partial charge in [-0.3, -0.25) is 9.78 Å². The second-order valence-corrected chi connectivity index (χ2v) is 7.66. The van der Waals surface area contributed by atoms with Gasteiger partial charge in [-0.25, -0.2) is 17.2 Å². The Bertz CT molecular complexity index is 1140. The van der Waals surface area contributed by atoms with Crippen molar-refractivity contribution in [2.24, 2.45) is 0 Å². The maximum absolute atomic E-state index is 13.6. The number of rotatable bonds is 6. The Morgan fingerprint density at radius 2 is 1.75 bits per heavy atom. The van der Waals surface area contributed by atoms with Gasteiger partial charge in [-0.05, 0) is 54.6 Å². The van der Waals surface area contributed by atoms with Crippen molar-refractivity contribution >= 4 is 34.1 Å². The van der Waals surface area contributed by atoms with E-state index in [1.807, 2.05) is 0 Å². The van der Waals surface area contributed by atoms with Crippen LogP contribution in [0.15, 0.2) is 70.6 Å². The SMILES string of the molecule is O=CNc1cccc(S(=O)(=O)c2ccc(/C=C/c3ccc(F)cc3F)nc2)c1. The molecule has 0 spiro atoms. The van der Waals surface area contributed by atoms with Crippen LogP contribution >= 0.6 is 0 Å². The lowest BCUT2D eigenvalue weighted by atomic mass is 10.2. The first kappa shape index (κ1) is 19.4. The maximum Gasteiger partial charge on any atom is 0.211 e. The minimum absolute atomic E-state index is 0.0119. The molecule has 0 radical (unpaired) electrons. The van der Waals surface area contributed by atoms with E-state index < -0.39 is 21.5 Å². The Kier molecular flexibility index (Phi) is 5.60. The van der Waals surface area contributed by atoms with Gasteiger partial charge in [0.2, 0.25) is 16.2 Å². The first-order valence-corrected chi connectivity index (χ1v) is 9.53. The minimum atomic E-state index is -3.82. The van der Waals surface area contributed by atoms with Gasteiger partial charge in [0, 0.05) is 23.5 Å². The molecule has 2 aromatic carbocycles. The van der Waals surface area contributed by atoms with Crippen LogP contribution in [0, 0.1) is 11.6 Å². The number of sulfone groups is 1. The molecule has 1 amide bonds. The molecule has 0 saturated carbocycles. The molecular formula is C20H14F2N2O3S. The van der Waals surface area contributed by atoms with E-state index in [4.69, 9.17) is 0 Å². The number of hydrogen-bond donors (Lipinski definition) is 1. The summed E-state index contributed by atoms with van der Waals surface area (Å²) < 4.78 is 51.9. The summed E-state index contributed by atoms with van der Waals surface area (Å²) in [5, 5.41) is 2.40.